The minimum absolute atomic E-state index is 0.349. The van der Waals surface area contributed by atoms with Gasteiger partial charge in [0.1, 0.15) is 18.1 Å². The highest BCUT2D eigenvalue weighted by Crippen LogP contribution is 2.34. The maximum Gasteiger partial charge on any atom is 0.119 e. The van der Waals surface area contributed by atoms with E-state index in [1.165, 1.54) is 16.7 Å². The molecule has 0 aliphatic heterocycles. The molecule has 0 heterocycles. The number of hydrogen-bond acceptors (Lipinski definition) is 3. The van der Waals surface area contributed by atoms with E-state index in [1.54, 1.807) is 6.07 Å². The normalized spacial score (nSPS) is 15.6. The molecule has 3 rings (SSSR count). The van der Waals surface area contributed by atoms with Crippen LogP contribution >= 0.6 is 0 Å². The van der Waals surface area contributed by atoms with Crippen molar-refractivity contribution in [3.8, 4) is 11.5 Å². The summed E-state index contributed by atoms with van der Waals surface area (Å²) in [7, 11) is 0. The van der Waals surface area contributed by atoms with Crippen molar-refractivity contribution in [2.24, 2.45) is 5.73 Å². The number of benzene rings is 2. The molecule has 0 radical (unpaired) electrons. The summed E-state index contributed by atoms with van der Waals surface area (Å²) in [5.41, 5.74) is 10.4. The first-order chi connectivity index (χ1) is 10.8. The van der Waals surface area contributed by atoms with Crippen molar-refractivity contribution < 1.29 is 9.84 Å². The molecule has 0 saturated carbocycles. The van der Waals surface area contributed by atoms with Crippen molar-refractivity contribution in [3.63, 3.8) is 0 Å². The highest BCUT2D eigenvalue weighted by Gasteiger charge is 2.14. The minimum Gasteiger partial charge on any atom is -0.508 e. The summed E-state index contributed by atoms with van der Waals surface area (Å²) in [5.74, 6) is 1.20. The Bertz CT molecular complexity index is 674. The van der Waals surface area contributed by atoms with E-state index in [-0.39, 0.29) is 0 Å². The van der Waals surface area contributed by atoms with Crippen molar-refractivity contribution in [2.75, 3.05) is 13.2 Å². The first-order valence-corrected chi connectivity index (χ1v) is 7.72. The number of phenolic OH excluding ortho intramolecular Hbond substituents is 1. The molecule has 114 valence electrons. The van der Waals surface area contributed by atoms with E-state index in [4.69, 9.17) is 10.5 Å². The molecule has 2 aromatic rings. The molecule has 3 N–H and O–H groups in total. The number of hydrogen-bond donors (Lipinski definition) is 2. The van der Waals surface area contributed by atoms with Crippen LogP contribution in [0.25, 0.3) is 11.6 Å². The van der Waals surface area contributed by atoms with Crippen LogP contribution in [0.15, 0.2) is 42.5 Å². The Morgan fingerprint density at radius 1 is 1.09 bits per heavy atom. The van der Waals surface area contributed by atoms with Crippen LogP contribution in [0.4, 0.5) is 0 Å². The van der Waals surface area contributed by atoms with Gasteiger partial charge in [0.2, 0.25) is 0 Å². The second-order valence-electron chi connectivity index (χ2n) is 5.57. The summed E-state index contributed by atoms with van der Waals surface area (Å²) in [6, 6.07) is 13.7. The van der Waals surface area contributed by atoms with Gasteiger partial charge in [-0.1, -0.05) is 24.3 Å². The zero-order valence-corrected chi connectivity index (χ0v) is 12.6. The van der Waals surface area contributed by atoms with Crippen LogP contribution in [0.1, 0.15) is 29.5 Å². The highest BCUT2D eigenvalue weighted by molar-refractivity contribution is 5.84. The smallest absolute Gasteiger partial charge is 0.119 e. The first-order valence-electron chi connectivity index (χ1n) is 7.72. The molecular weight excluding hydrogens is 274 g/mol. The number of ether oxygens (including phenoxy) is 1. The maximum atomic E-state index is 9.62. The van der Waals surface area contributed by atoms with E-state index < -0.39 is 0 Å². The lowest BCUT2D eigenvalue weighted by Gasteiger charge is -2.19. The van der Waals surface area contributed by atoms with Gasteiger partial charge in [-0.05, 0) is 65.8 Å². The Hall–Kier alpha value is -2.26. The molecule has 1 aliphatic rings. The summed E-state index contributed by atoms with van der Waals surface area (Å²) in [5, 5.41) is 9.62. The van der Waals surface area contributed by atoms with E-state index in [0.717, 1.165) is 30.6 Å². The molecule has 1 aliphatic carbocycles. The molecular formula is C19H21NO2. The van der Waals surface area contributed by atoms with Gasteiger partial charge in [0.15, 0.2) is 0 Å². The molecule has 22 heavy (non-hydrogen) atoms. The van der Waals surface area contributed by atoms with E-state index in [0.29, 0.717) is 18.9 Å². The first kappa shape index (κ1) is 14.7. The molecule has 0 bridgehead atoms. The third-order valence-electron chi connectivity index (χ3n) is 3.93. The van der Waals surface area contributed by atoms with Crippen molar-refractivity contribution in [1.82, 2.24) is 0 Å². The molecule has 2 aromatic carbocycles. The minimum atomic E-state index is 0.349. The van der Waals surface area contributed by atoms with Gasteiger partial charge in [-0.2, -0.15) is 0 Å². The molecule has 3 nitrogen and oxygen atoms in total. The Morgan fingerprint density at radius 2 is 1.91 bits per heavy atom. The Labute approximate surface area is 131 Å². The van der Waals surface area contributed by atoms with Gasteiger partial charge in [-0.25, -0.2) is 0 Å². The molecule has 0 atom stereocenters. The average Bonchev–Trinajstić information content (AvgIpc) is 2.54. The van der Waals surface area contributed by atoms with Gasteiger partial charge in [0.05, 0.1) is 0 Å². The highest BCUT2D eigenvalue weighted by atomic mass is 16.5. The number of allylic oxidation sites excluding steroid dienone is 1. The molecule has 0 spiro atoms. The average molecular weight is 295 g/mol. The largest absolute Gasteiger partial charge is 0.508 e. The number of rotatable bonds is 4. The lowest BCUT2D eigenvalue weighted by molar-refractivity contribution is 0.328. The van der Waals surface area contributed by atoms with Crippen LogP contribution in [-0.4, -0.2) is 18.3 Å². The number of aromatic hydroxyl groups is 1. The Balaban J connectivity index is 1.84. The lowest BCUT2D eigenvalue weighted by atomic mass is 9.86. The van der Waals surface area contributed by atoms with Gasteiger partial charge < -0.3 is 15.6 Å². The van der Waals surface area contributed by atoms with Crippen LogP contribution in [-0.2, 0) is 6.42 Å². The van der Waals surface area contributed by atoms with E-state index in [2.05, 4.69) is 18.2 Å². The van der Waals surface area contributed by atoms with E-state index in [9.17, 15) is 5.11 Å². The summed E-state index contributed by atoms with van der Waals surface area (Å²) >= 11 is 0. The predicted molar refractivity (Wildman–Crippen MR) is 89.9 cm³/mol. The summed E-state index contributed by atoms with van der Waals surface area (Å²) < 4.78 is 5.50. The monoisotopic (exact) mass is 295 g/mol. The topological polar surface area (TPSA) is 55.5 Å². The van der Waals surface area contributed by atoms with Crippen LogP contribution in [0.3, 0.4) is 0 Å². The molecule has 0 fully saturated rings. The van der Waals surface area contributed by atoms with Crippen molar-refractivity contribution in [3.05, 3.63) is 59.2 Å². The zero-order chi connectivity index (χ0) is 15.4. The van der Waals surface area contributed by atoms with Crippen molar-refractivity contribution >= 4 is 11.6 Å². The maximum absolute atomic E-state index is 9.62. The third kappa shape index (κ3) is 3.31. The number of nitrogens with two attached hydrogens (primary N) is 1. The number of aryl methyl sites for hydroxylation is 1. The fourth-order valence-corrected chi connectivity index (χ4v) is 2.89. The summed E-state index contributed by atoms with van der Waals surface area (Å²) in [6.45, 7) is 1.06. The fraction of sp³-hybridized carbons (Fsp3) is 0.263. The molecule has 3 heteroatoms. The Morgan fingerprint density at radius 3 is 2.68 bits per heavy atom. The summed E-state index contributed by atoms with van der Waals surface area (Å²) in [6.07, 6.45) is 5.46. The van der Waals surface area contributed by atoms with Gasteiger partial charge in [-0.15, -0.1) is 0 Å². The number of phenols is 1. The molecule has 0 aromatic heterocycles. The zero-order valence-electron chi connectivity index (χ0n) is 12.6. The summed E-state index contributed by atoms with van der Waals surface area (Å²) in [4.78, 5) is 0. The Kier molecular flexibility index (Phi) is 4.45. The standard InChI is InChI=1S/C19H21NO2/c20-10-11-22-18-7-4-14(5-8-18)12-15-2-1-3-16-13-17(21)6-9-19(15)16/h4-9,12-13,21H,1-3,10-11,20H2. The van der Waals surface area contributed by atoms with Gasteiger partial charge >= 0.3 is 0 Å². The van der Waals surface area contributed by atoms with Gasteiger partial charge in [0, 0.05) is 6.54 Å². The van der Waals surface area contributed by atoms with Crippen molar-refractivity contribution in [2.45, 2.75) is 19.3 Å². The fourth-order valence-electron chi connectivity index (χ4n) is 2.89. The second kappa shape index (κ2) is 6.67. The second-order valence-corrected chi connectivity index (χ2v) is 5.57. The van der Waals surface area contributed by atoms with Crippen LogP contribution < -0.4 is 10.5 Å². The predicted octanol–water partition coefficient (Wildman–Crippen LogP) is 3.61. The quantitative estimate of drug-likeness (QED) is 0.906. The molecule has 0 saturated heterocycles. The van der Waals surface area contributed by atoms with Crippen LogP contribution in [0.5, 0.6) is 11.5 Å². The van der Waals surface area contributed by atoms with Crippen LogP contribution in [0, 0.1) is 0 Å². The third-order valence-corrected chi connectivity index (χ3v) is 3.93. The van der Waals surface area contributed by atoms with E-state index in [1.807, 2.05) is 24.3 Å². The van der Waals surface area contributed by atoms with Crippen LogP contribution in [0.2, 0.25) is 0 Å². The number of fused-ring (bicyclic) bond motifs is 1. The molecule has 0 amide bonds. The van der Waals surface area contributed by atoms with E-state index >= 15 is 0 Å². The van der Waals surface area contributed by atoms with Crippen molar-refractivity contribution in [1.29, 1.82) is 0 Å². The molecule has 0 unspecified atom stereocenters. The van der Waals surface area contributed by atoms with Gasteiger partial charge in [0.25, 0.3) is 0 Å². The SMILES string of the molecule is NCCOc1ccc(C=C2CCCc3cc(O)ccc32)cc1. The lowest BCUT2D eigenvalue weighted by Crippen LogP contribution is -2.10. The van der Waals surface area contributed by atoms with Gasteiger partial charge in [-0.3, -0.25) is 0 Å².